The second kappa shape index (κ2) is 5.24. The van der Waals surface area contributed by atoms with Crippen molar-refractivity contribution in [3.8, 4) is 0 Å². The molecule has 7 heteroatoms. The van der Waals surface area contributed by atoms with E-state index >= 15 is 0 Å². The van der Waals surface area contributed by atoms with Crippen LogP contribution in [0, 0.1) is 5.82 Å². The van der Waals surface area contributed by atoms with Gasteiger partial charge in [0.2, 0.25) is 10.0 Å². The monoisotopic (exact) mass is 261 g/mol. The number of benzene rings is 1. The van der Waals surface area contributed by atoms with Crippen LogP contribution in [0.25, 0.3) is 0 Å². The van der Waals surface area contributed by atoms with E-state index in [4.69, 9.17) is 5.11 Å². The molecule has 0 spiro atoms. The lowest BCUT2D eigenvalue weighted by atomic mass is 10.1. The highest BCUT2D eigenvalue weighted by molar-refractivity contribution is 7.90. The zero-order valence-electron chi connectivity index (χ0n) is 9.05. The van der Waals surface area contributed by atoms with E-state index in [1.165, 1.54) is 25.1 Å². The average Bonchev–Trinajstić information content (AvgIpc) is 2.14. The Labute approximate surface area is 98.3 Å². The smallest absolute Gasteiger partial charge is 0.320 e. The molecule has 0 radical (unpaired) electrons. The molecule has 0 amide bonds. The number of aliphatic carboxylic acids is 1. The van der Waals surface area contributed by atoms with Crippen LogP contribution in [0.4, 0.5) is 4.39 Å². The summed E-state index contributed by atoms with van der Waals surface area (Å²) in [5.74, 6) is -3.04. The standard InChI is InChI=1S/C10H12FNO4S/c1-7(8-4-2-3-5-9(8)11)12-17(15,16)6-10(13)14/h2-5,7,12H,6H2,1H3,(H,13,14). The molecule has 0 aliphatic heterocycles. The fourth-order valence-corrected chi connectivity index (χ4v) is 2.44. The zero-order chi connectivity index (χ0) is 13.1. The average molecular weight is 261 g/mol. The van der Waals surface area contributed by atoms with Gasteiger partial charge in [0.15, 0.2) is 5.75 Å². The van der Waals surface area contributed by atoms with Crippen LogP contribution in [0.2, 0.25) is 0 Å². The summed E-state index contributed by atoms with van der Waals surface area (Å²) in [5.41, 5.74) is 0.168. The van der Waals surface area contributed by atoms with Gasteiger partial charge in [-0.05, 0) is 13.0 Å². The van der Waals surface area contributed by atoms with Gasteiger partial charge >= 0.3 is 5.97 Å². The molecule has 1 aromatic carbocycles. The third kappa shape index (κ3) is 4.12. The van der Waals surface area contributed by atoms with Crippen LogP contribution in [-0.4, -0.2) is 25.2 Å². The number of hydrogen-bond donors (Lipinski definition) is 2. The molecule has 0 aliphatic rings. The van der Waals surface area contributed by atoms with Gasteiger partial charge in [0.05, 0.1) is 0 Å². The maximum absolute atomic E-state index is 13.3. The molecule has 0 aromatic heterocycles. The van der Waals surface area contributed by atoms with Crippen LogP contribution in [0.15, 0.2) is 24.3 Å². The Morgan fingerprint density at radius 1 is 1.47 bits per heavy atom. The number of carboxylic acid groups (broad SMARTS) is 1. The molecule has 2 N–H and O–H groups in total. The molecule has 1 aromatic rings. The third-order valence-corrected chi connectivity index (χ3v) is 3.38. The molecule has 0 aliphatic carbocycles. The van der Waals surface area contributed by atoms with Crippen molar-refractivity contribution in [3.63, 3.8) is 0 Å². The summed E-state index contributed by atoms with van der Waals surface area (Å²) in [6, 6.07) is 4.87. The van der Waals surface area contributed by atoms with Gasteiger partial charge in [-0.25, -0.2) is 17.5 Å². The first kappa shape index (κ1) is 13.6. The van der Waals surface area contributed by atoms with E-state index < -0.39 is 33.6 Å². The van der Waals surface area contributed by atoms with E-state index in [-0.39, 0.29) is 5.56 Å². The third-order valence-electron chi connectivity index (χ3n) is 2.04. The summed E-state index contributed by atoms with van der Waals surface area (Å²) in [5, 5.41) is 8.39. The summed E-state index contributed by atoms with van der Waals surface area (Å²) in [6.45, 7) is 1.44. The minimum atomic E-state index is -3.96. The summed E-state index contributed by atoms with van der Waals surface area (Å²) in [6.07, 6.45) is 0. The van der Waals surface area contributed by atoms with Crippen molar-refractivity contribution < 1.29 is 22.7 Å². The maximum Gasteiger partial charge on any atom is 0.320 e. The van der Waals surface area contributed by atoms with E-state index in [1.54, 1.807) is 6.07 Å². The van der Waals surface area contributed by atoms with Gasteiger partial charge in [-0.2, -0.15) is 0 Å². The molecule has 17 heavy (non-hydrogen) atoms. The predicted molar refractivity (Wildman–Crippen MR) is 59.4 cm³/mol. The predicted octanol–water partition coefficient (Wildman–Crippen LogP) is 0.891. The molecule has 94 valence electrons. The van der Waals surface area contributed by atoms with E-state index in [2.05, 4.69) is 4.72 Å². The molecule has 0 fully saturated rings. The van der Waals surface area contributed by atoms with Crippen LogP contribution in [-0.2, 0) is 14.8 Å². The second-order valence-electron chi connectivity index (χ2n) is 3.51. The SMILES string of the molecule is CC(NS(=O)(=O)CC(=O)O)c1ccccc1F. The lowest BCUT2D eigenvalue weighted by Crippen LogP contribution is -2.32. The van der Waals surface area contributed by atoms with Crippen molar-refractivity contribution in [2.45, 2.75) is 13.0 Å². The maximum atomic E-state index is 13.3. The first-order chi connectivity index (χ1) is 7.82. The van der Waals surface area contributed by atoms with Crippen LogP contribution < -0.4 is 4.72 Å². The Morgan fingerprint density at radius 3 is 2.59 bits per heavy atom. The molecule has 1 unspecified atom stereocenters. The zero-order valence-corrected chi connectivity index (χ0v) is 9.87. The fraction of sp³-hybridized carbons (Fsp3) is 0.300. The first-order valence-corrected chi connectivity index (χ1v) is 6.43. The molecule has 0 saturated heterocycles. The Kier molecular flexibility index (Phi) is 4.19. The minimum Gasteiger partial charge on any atom is -0.480 e. The van der Waals surface area contributed by atoms with Crippen LogP contribution in [0.5, 0.6) is 0 Å². The van der Waals surface area contributed by atoms with Crippen molar-refractivity contribution in [1.82, 2.24) is 4.72 Å². The van der Waals surface area contributed by atoms with E-state index in [1.807, 2.05) is 0 Å². The molecular formula is C10H12FNO4S. The molecule has 0 saturated carbocycles. The summed E-state index contributed by atoms with van der Waals surface area (Å²) >= 11 is 0. The second-order valence-corrected chi connectivity index (χ2v) is 5.27. The molecular weight excluding hydrogens is 249 g/mol. The lowest BCUT2D eigenvalue weighted by molar-refractivity contribution is -0.134. The van der Waals surface area contributed by atoms with Gasteiger partial charge in [-0.15, -0.1) is 0 Å². The highest BCUT2D eigenvalue weighted by Gasteiger charge is 2.20. The Morgan fingerprint density at radius 2 is 2.06 bits per heavy atom. The normalized spacial score (nSPS) is 13.3. The van der Waals surface area contributed by atoms with Gasteiger partial charge in [0.1, 0.15) is 5.82 Å². The Bertz CT molecular complexity index is 515. The Hall–Kier alpha value is -1.47. The van der Waals surface area contributed by atoms with Crippen molar-refractivity contribution in [3.05, 3.63) is 35.6 Å². The number of hydrogen-bond acceptors (Lipinski definition) is 3. The molecule has 0 bridgehead atoms. The van der Waals surface area contributed by atoms with Gasteiger partial charge in [0, 0.05) is 11.6 Å². The van der Waals surface area contributed by atoms with E-state index in [0.29, 0.717) is 0 Å². The molecule has 1 rings (SSSR count). The minimum absolute atomic E-state index is 0.168. The van der Waals surface area contributed by atoms with Crippen molar-refractivity contribution in [1.29, 1.82) is 0 Å². The van der Waals surface area contributed by atoms with Crippen molar-refractivity contribution in [2.24, 2.45) is 0 Å². The number of carbonyl (C=O) groups is 1. The molecule has 1 atom stereocenters. The topological polar surface area (TPSA) is 83.5 Å². The number of halogens is 1. The lowest BCUT2D eigenvalue weighted by Gasteiger charge is -2.14. The molecule has 5 nitrogen and oxygen atoms in total. The largest absolute Gasteiger partial charge is 0.480 e. The number of rotatable bonds is 5. The van der Waals surface area contributed by atoms with Crippen LogP contribution in [0.1, 0.15) is 18.5 Å². The quantitative estimate of drug-likeness (QED) is 0.824. The van der Waals surface area contributed by atoms with Crippen molar-refractivity contribution >= 4 is 16.0 Å². The number of nitrogens with one attached hydrogen (secondary N) is 1. The van der Waals surface area contributed by atoms with Gasteiger partial charge in [-0.3, -0.25) is 4.79 Å². The van der Waals surface area contributed by atoms with Gasteiger partial charge in [0.25, 0.3) is 0 Å². The van der Waals surface area contributed by atoms with Gasteiger partial charge in [-0.1, -0.05) is 18.2 Å². The Balaban J connectivity index is 2.83. The number of sulfonamides is 1. The van der Waals surface area contributed by atoms with Crippen molar-refractivity contribution in [2.75, 3.05) is 5.75 Å². The van der Waals surface area contributed by atoms with E-state index in [0.717, 1.165) is 0 Å². The fourth-order valence-electron chi connectivity index (χ4n) is 1.36. The van der Waals surface area contributed by atoms with E-state index in [9.17, 15) is 17.6 Å². The first-order valence-electron chi connectivity index (χ1n) is 4.78. The summed E-state index contributed by atoms with van der Waals surface area (Å²) in [4.78, 5) is 10.3. The highest BCUT2D eigenvalue weighted by atomic mass is 32.2. The van der Waals surface area contributed by atoms with Crippen LogP contribution >= 0.6 is 0 Å². The van der Waals surface area contributed by atoms with Gasteiger partial charge < -0.3 is 5.11 Å². The summed E-state index contributed by atoms with van der Waals surface area (Å²) < 4.78 is 38.1. The molecule has 0 heterocycles. The summed E-state index contributed by atoms with van der Waals surface area (Å²) in [7, 11) is -3.96. The number of carboxylic acids is 1. The van der Waals surface area contributed by atoms with Crippen LogP contribution in [0.3, 0.4) is 0 Å². The highest BCUT2D eigenvalue weighted by Crippen LogP contribution is 2.16.